The molecule has 0 aromatic carbocycles. The van der Waals surface area contributed by atoms with Gasteiger partial charge in [-0.15, -0.1) is 0 Å². The molecule has 4 aliphatic rings. The summed E-state index contributed by atoms with van der Waals surface area (Å²) in [5, 5.41) is 0. The van der Waals surface area contributed by atoms with Gasteiger partial charge in [-0.3, -0.25) is 4.79 Å². The maximum atomic E-state index is 11.9. The lowest BCUT2D eigenvalue weighted by Gasteiger charge is -2.64. The molecule has 4 aliphatic carbocycles. The minimum absolute atomic E-state index is 0.0228. The van der Waals surface area contributed by atoms with Gasteiger partial charge in [0.25, 0.3) is 0 Å². The smallest absolute Gasteiger partial charge is 0.302 e. The number of hydrogen-bond acceptors (Lipinski definition) is 2. The second-order valence-corrected chi connectivity index (χ2v) is 15.6. The van der Waals surface area contributed by atoms with Crippen molar-refractivity contribution >= 4 is 5.97 Å². The van der Waals surface area contributed by atoms with Gasteiger partial charge < -0.3 is 4.74 Å². The quantitative estimate of drug-likeness (QED) is 0.270. The fourth-order valence-corrected chi connectivity index (χ4v) is 10.1. The Kier molecular flexibility index (Phi) is 7.00. The molecule has 3 fully saturated rings. The Morgan fingerprint density at radius 1 is 1.06 bits per heavy atom. The zero-order valence-corrected chi connectivity index (χ0v) is 25.4. The van der Waals surface area contributed by atoms with Crippen LogP contribution in [0.15, 0.2) is 23.8 Å². The molecule has 0 radical (unpaired) electrons. The Hall–Kier alpha value is -1.05. The van der Waals surface area contributed by atoms with Gasteiger partial charge in [-0.1, -0.05) is 79.2 Å². The molecular formula is C34H56O2. The number of carbonyl (C=O) groups is 1. The zero-order valence-electron chi connectivity index (χ0n) is 25.4. The molecule has 3 saturated carbocycles. The van der Waals surface area contributed by atoms with Crippen LogP contribution in [-0.4, -0.2) is 12.1 Å². The predicted octanol–water partition coefficient (Wildman–Crippen LogP) is 9.54. The Balaban J connectivity index is 1.59. The normalized spacial score (nSPS) is 42.4. The first-order valence-corrected chi connectivity index (χ1v) is 15.0. The summed E-state index contributed by atoms with van der Waals surface area (Å²) in [5.41, 5.74) is 4.38. The lowest BCUT2D eigenvalue weighted by molar-refractivity contribution is -0.170. The highest BCUT2D eigenvalue weighted by molar-refractivity contribution is 5.66. The van der Waals surface area contributed by atoms with Gasteiger partial charge in [0.1, 0.15) is 6.10 Å². The van der Waals surface area contributed by atoms with E-state index in [1.165, 1.54) is 50.5 Å². The maximum absolute atomic E-state index is 11.9. The summed E-state index contributed by atoms with van der Waals surface area (Å²) in [6.07, 6.45) is 14.1. The van der Waals surface area contributed by atoms with E-state index in [2.05, 4.69) is 75.0 Å². The first-order chi connectivity index (χ1) is 16.5. The first-order valence-electron chi connectivity index (χ1n) is 15.0. The number of allylic oxidation sites excluding steroid dienone is 3. The van der Waals surface area contributed by atoms with Gasteiger partial charge in [-0.2, -0.15) is 0 Å². The van der Waals surface area contributed by atoms with Crippen molar-refractivity contribution in [2.75, 3.05) is 0 Å². The molecule has 0 heterocycles. The van der Waals surface area contributed by atoms with E-state index in [1.807, 2.05) is 0 Å². The maximum Gasteiger partial charge on any atom is 0.302 e. The van der Waals surface area contributed by atoms with Crippen LogP contribution < -0.4 is 0 Å². The molecule has 0 amide bonds. The van der Waals surface area contributed by atoms with Gasteiger partial charge in [-0.25, -0.2) is 0 Å². The Labute approximate surface area is 223 Å². The molecule has 8 atom stereocenters. The molecule has 0 bridgehead atoms. The van der Waals surface area contributed by atoms with Crippen molar-refractivity contribution in [3.63, 3.8) is 0 Å². The predicted molar refractivity (Wildman–Crippen MR) is 152 cm³/mol. The Bertz CT molecular complexity index is 923. The molecule has 4 rings (SSSR count). The summed E-state index contributed by atoms with van der Waals surface area (Å²) in [6.45, 7) is 28.0. The minimum Gasteiger partial charge on any atom is -0.462 e. The number of ether oxygens (including phenoxy) is 1. The molecule has 0 unspecified atom stereocenters. The summed E-state index contributed by atoms with van der Waals surface area (Å²) in [6, 6.07) is 0. The SMILES string of the molecule is C=C(C)C(C)(C)CC[C@@H](C)[C@H]1CC[C@@]2(C)[C@@H]3CC[C@H]4C(C)(C)[C@@H](OC(C)=O)CC[C@]4(C)C3=CC[C@]12C. The molecular weight excluding hydrogens is 440 g/mol. The molecule has 0 spiro atoms. The van der Waals surface area contributed by atoms with Crippen LogP contribution in [0, 0.1) is 50.7 Å². The third-order valence-electron chi connectivity index (χ3n) is 13.2. The highest BCUT2D eigenvalue weighted by Crippen LogP contribution is 2.73. The lowest BCUT2D eigenvalue weighted by atomic mass is 9.41. The van der Waals surface area contributed by atoms with Crippen LogP contribution in [0.1, 0.15) is 127 Å². The van der Waals surface area contributed by atoms with E-state index in [0.29, 0.717) is 22.7 Å². The van der Waals surface area contributed by atoms with Crippen LogP contribution in [0.25, 0.3) is 0 Å². The Morgan fingerprint density at radius 3 is 2.33 bits per heavy atom. The van der Waals surface area contributed by atoms with Crippen LogP contribution in [0.3, 0.4) is 0 Å². The van der Waals surface area contributed by atoms with Crippen molar-refractivity contribution in [2.45, 2.75) is 133 Å². The summed E-state index contributed by atoms with van der Waals surface area (Å²) in [5.74, 6) is 2.74. The highest BCUT2D eigenvalue weighted by Gasteiger charge is 2.65. The van der Waals surface area contributed by atoms with Gasteiger partial charge >= 0.3 is 5.97 Å². The van der Waals surface area contributed by atoms with Crippen molar-refractivity contribution in [2.24, 2.45) is 50.7 Å². The largest absolute Gasteiger partial charge is 0.462 e. The van der Waals surface area contributed by atoms with Crippen LogP contribution in [0.5, 0.6) is 0 Å². The van der Waals surface area contributed by atoms with E-state index >= 15 is 0 Å². The fourth-order valence-electron chi connectivity index (χ4n) is 10.1. The van der Waals surface area contributed by atoms with E-state index < -0.39 is 0 Å². The van der Waals surface area contributed by atoms with Crippen LogP contribution in [0.4, 0.5) is 0 Å². The molecule has 0 aromatic heterocycles. The molecule has 0 aromatic rings. The highest BCUT2D eigenvalue weighted by atomic mass is 16.5. The van der Waals surface area contributed by atoms with Crippen LogP contribution >= 0.6 is 0 Å². The first kappa shape index (κ1) is 28.0. The molecule has 0 aliphatic heterocycles. The van der Waals surface area contributed by atoms with Crippen molar-refractivity contribution in [1.29, 1.82) is 0 Å². The number of rotatable bonds is 6. The third kappa shape index (κ3) is 4.07. The number of carbonyl (C=O) groups excluding carboxylic acids is 1. The number of hydrogen-bond donors (Lipinski definition) is 0. The van der Waals surface area contributed by atoms with E-state index in [1.54, 1.807) is 12.5 Å². The standard InChI is InChI=1S/C34H56O2/c1-22(2)30(5,6)18-14-23(3)25-15-20-34(11)27-12-13-28-31(7,8)29(36-24(4)35)17-19-32(28,9)26(27)16-21-33(25,34)10/h16,23,25,27-29H,1,12-15,17-21H2,2-11H3/t23-,25-,27-,28+,29+,32-,33-,34+/m1/s1. The van der Waals surface area contributed by atoms with Gasteiger partial charge in [0, 0.05) is 12.3 Å². The topological polar surface area (TPSA) is 26.3 Å². The number of esters is 1. The molecule has 2 nitrogen and oxygen atoms in total. The molecule has 2 heteroatoms. The molecule has 36 heavy (non-hydrogen) atoms. The average Bonchev–Trinajstić information content (AvgIpc) is 3.05. The van der Waals surface area contributed by atoms with E-state index in [0.717, 1.165) is 24.7 Å². The second-order valence-electron chi connectivity index (χ2n) is 15.6. The summed E-state index contributed by atoms with van der Waals surface area (Å²) < 4.78 is 5.88. The number of fused-ring (bicyclic) bond motifs is 5. The zero-order chi connectivity index (χ0) is 26.9. The molecule has 204 valence electrons. The molecule has 0 saturated heterocycles. The van der Waals surface area contributed by atoms with Gasteiger partial charge in [-0.05, 0) is 110 Å². The van der Waals surface area contributed by atoms with Crippen molar-refractivity contribution in [1.82, 2.24) is 0 Å². The summed E-state index contributed by atoms with van der Waals surface area (Å²) in [7, 11) is 0. The minimum atomic E-state index is -0.122. The van der Waals surface area contributed by atoms with E-state index in [4.69, 9.17) is 4.74 Å². The Morgan fingerprint density at radius 2 is 1.72 bits per heavy atom. The fraction of sp³-hybridized carbons (Fsp3) is 0.853. The van der Waals surface area contributed by atoms with E-state index in [9.17, 15) is 4.79 Å². The van der Waals surface area contributed by atoms with Crippen molar-refractivity contribution in [3.8, 4) is 0 Å². The van der Waals surface area contributed by atoms with E-state index in [-0.39, 0.29) is 28.3 Å². The molecule has 0 N–H and O–H groups in total. The lowest BCUT2D eigenvalue weighted by Crippen LogP contribution is -2.58. The second kappa shape index (κ2) is 9.01. The third-order valence-corrected chi connectivity index (χ3v) is 13.2. The summed E-state index contributed by atoms with van der Waals surface area (Å²) >= 11 is 0. The van der Waals surface area contributed by atoms with Gasteiger partial charge in [0.15, 0.2) is 0 Å². The monoisotopic (exact) mass is 496 g/mol. The van der Waals surface area contributed by atoms with Gasteiger partial charge in [0.05, 0.1) is 0 Å². The van der Waals surface area contributed by atoms with Crippen molar-refractivity contribution < 1.29 is 9.53 Å². The van der Waals surface area contributed by atoms with Crippen LogP contribution in [-0.2, 0) is 9.53 Å². The van der Waals surface area contributed by atoms with Crippen LogP contribution in [0.2, 0.25) is 0 Å². The van der Waals surface area contributed by atoms with Crippen molar-refractivity contribution in [3.05, 3.63) is 23.8 Å². The average molecular weight is 497 g/mol. The van der Waals surface area contributed by atoms with Gasteiger partial charge in [0.2, 0.25) is 0 Å². The summed E-state index contributed by atoms with van der Waals surface area (Å²) in [4.78, 5) is 11.9.